The van der Waals surface area contributed by atoms with Gasteiger partial charge in [0.2, 0.25) is 15.3 Å². The Morgan fingerprint density at radius 3 is 2.55 bits per heavy atom. The SMILES string of the molecule is CC(C)(CNS(=O)(=O)c1cnc(Cl)nc1)c1cccs1. The Bertz CT molecular complexity index is 667. The summed E-state index contributed by atoms with van der Waals surface area (Å²) in [5.41, 5.74) is -0.283. The first kappa shape index (κ1) is 15.4. The third-order valence-electron chi connectivity index (χ3n) is 2.80. The lowest BCUT2D eigenvalue weighted by atomic mass is 9.92. The average Bonchev–Trinajstić information content (AvgIpc) is 2.92. The molecule has 2 rings (SSSR count). The van der Waals surface area contributed by atoms with Crippen LogP contribution in [-0.4, -0.2) is 24.9 Å². The van der Waals surface area contributed by atoms with E-state index in [2.05, 4.69) is 14.7 Å². The van der Waals surface area contributed by atoms with E-state index in [0.29, 0.717) is 6.54 Å². The van der Waals surface area contributed by atoms with Crippen LogP contribution in [-0.2, 0) is 15.4 Å². The largest absolute Gasteiger partial charge is 0.243 e. The summed E-state index contributed by atoms with van der Waals surface area (Å²) in [4.78, 5) is 8.48. The average molecular weight is 332 g/mol. The molecule has 0 spiro atoms. The van der Waals surface area contributed by atoms with E-state index in [0.717, 1.165) is 4.88 Å². The summed E-state index contributed by atoms with van der Waals surface area (Å²) in [6, 6.07) is 3.94. The maximum absolute atomic E-state index is 12.1. The highest BCUT2D eigenvalue weighted by molar-refractivity contribution is 7.89. The van der Waals surface area contributed by atoms with E-state index >= 15 is 0 Å². The van der Waals surface area contributed by atoms with Crippen LogP contribution in [0.5, 0.6) is 0 Å². The zero-order chi connectivity index (χ0) is 14.8. The zero-order valence-corrected chi connectivity index (χ0v) is 13.4. The third-order valence-corrected chi connectivity index (χ3v) is 5.59. The summed E-state index contributed by atoms with van der Waals surface area (Å²) < 4.78 is 26.8. The van der Waals surface area contributed by atoms with Gasteiger partial charge in [0.05, 0.1) is 12.4 Å². The second kappa shape index (κ2) is 5.77. The summed E-state index contributed by atoms with van der Waals surface area (Å²) in [6.07, 6.45) is 2.38. The van der Waals surface area contributed by atoms with Gasteiger partial charge in [-0.25, -0.2) is 23.1 Å². The number of sulfonamides is 1. The van der Waals surface area contributed by atoms with Crippen molar-refractivity contribution >= 4 is 33.0 Å². The standard InChI is InChI=1S/C12H14ClN3O2S2/c1-12(2,10-4-3-5-19-10)8-16-20(17,18)9-6-14-11(13)15-7-9/h3-7,16H,8H2,1-2H3. The minimum atomic E-state index is -3.63. The number of halogens is 1. The normalized spacial score (nSPS) is 12.6. The van der Waals surface area contributed by atoms with Gasteiger partial charge in [-0.3, -0.25) is 0 Å². The van der Waals surface area contributed by atoms with Crippen molar-refractivity contribution < 1.29 is 8.42 Å². The molecule has 2 aromatic heterocycles. The maximum Gasteiger partial charge on any atom is 0.243 e. The Hall–Kier alpha value is -1.02. The van der Waals surface area contributed by atoms with Crippen LogP contribution in [0.3, 0.4) is 0 Å². The van der Waals surface area contributed by atoms with Crippen molar-refractivity contribution in [2.45, 2.75) is 24.2 Å². The van der Waals surface area contributed by atoms with Crippen LogP contribution < -0.4 is 4.72 Å². The molecule has 5 nitrogen and oxygen atoms in total. The van der Waals surface area contributed by atoms with Crippen LogP contribution in [0.2, 0.25) is 5.28 Å². The molecule has 108 valence electrons. The monoisotopic (exact) mass is 331 g/mol. The predicted octanol–water partition coefficient (Wildman–Crippen LogP) is 2.45. The highest BCUT2D eigenvalue weighted by atomic mass is 35.5. The lowest BCUT2D eigenvalue weighted by molar-refractivity contribution is 0.509. The summed E-state index contributed by atoms with van der Waals surface area (Å²) in [7, 11) is -3.63. The Labute approximate surface area is 127 Å². The Balaban J connectivity index is 2.12. The quantitative estimate of drug-likeness (QED) is 0.854. The molecule has 20 heavy (non-hydrogen) atoms. The van der Waals surface area contributed by atoms with Crippen LogP contribution in [0, 0.1) is 0 Å². The minimum absolute atomic E-state index is 0.00359. The van der Waals surface area contributed by atoms with Gasteiger partial charge in [-0.2, -0.15) is 0 Å². The third kappa shape index (κ3) is 3.54. The summed E-state index contributed by atoms with van der Waals surface area (Å²) >= 11 is 7.14. The molecule has 0 aliphatic carbocycles. The first-order valence-electron chi connectivity index (χ1n) is 5.82. The molecule has 0 aliphatic rings. The molecule has 0 fully saturated rings. The fourth-order valence-corrected chi connectivity index (χ4v) is 3.60. The maximum atomic E-state index is 12.1. The number of thiophene rings is 1. The van der Waals surface area contributed by atoms with E-state index in [4.69, 9.17) is 11.6 Å². The number of nitrogens with zero attached hydrogens (tertiary/aromatic N) is 2. The topological polar surface area (TPSA) is 72.0 Å². The zero-order valence-electron chi connectivity index (χ0n) is 11.0. The van der Waals surface area contributed by atoms with Gasteiger partial charge in [-0.15, -0.1) is 11.3 Å². The predicted molar refractivity (Wildman–Crippen MR) is 79.6 cm³/mol. The second-order valence-electron chi connectivity index (χ2n) is 4.87. The summed E-state index contributed by atoms with van der Waals surface area (Å²) in [5, 5.41) is 1.99. The van der Waals surface area contributed by atoms with Crippen LogP contribution in [0.4, 0.5) is 0 Å². The first-order chi connectivity index (χ1) is 9.31. The van der Waals surface area contributed by atoms with Gasteiger partial charge >= 0.3 is 0 Å². The van der Waals surface area contributed by atoms with Gasteiger partial charge in [0.1, 0.15) is 4.90 Å². The molecule has 0 unspecified atom stereocenters. The molecule has 0 saturated carbocycles. The minimum Gasteiger partial charge on any atom is -0.225 e. The molecule has 2 aromatic rings. The molecule has 0 radical (unpaired) electrons. The lowest BCUT2D eigenvalue weighted by Crippen LogP contribution is -2.36. The van der Waals surface area contributed by atoms with E-state index in [1.807, 2.05) is 31.4 Å². The van der Waals surface area contributed by atoms with Crippen molar-refractivity contribution in [3.8, 4) is 0 Å². The molecule has 0 atom stereocenters. The number of nitrogens with one attached hydrogen (secondary N) is 1. The van der Waals surface area contributed by atoms with E-state index in [-0.39, 0.29) is 15.6 Å². The number of hydrogen-bond donors (Lipinski definition) is 1. The molecule has 1 N–H and O–H groups in total. The molecule has 0 bridgehead atoms. The molecule has 8 heteroatoms. The first-order valence-corrected chi connectivity index (χ1v) is 8.56. The van der Waals surface area contributed by atoms with Gasteiger partial charge < -0.3 is 0 Å². The smallest absolute Gasteiger partial charge is 0.225 e. The molecule has 0 aromatic carbocycles. The van der Waals surface area contributed by atoms with E-state index in [1.165, 1.54) is 12.4 Å². The van der Waals surface area contributed by atoms with Crippen molar-refractivity contribution in [3.05, 3.63) is 40.1 Å². The summed E-state index contributed by atoms with van der Waals surface area (Å²) in [6.45, 7) is 4.26. The van der Waals surface area contributed by atoms with Gasteiger partial charge in [0.25, 0.3) is 0 Å². The van der Waals surface area contributed by atoms with Crippen molar-refractivity contribution in [2.24, 2.45) is 0 Å². The fourth-order valence-electron chi connectivity index (χ4n) is 1.55. The van der Waals surface area contributed by atoms with Crippen molar-refractivity contribution in [1.82, 2.24) is 14.7 Å². The van der Waals surface area contributed by atoms with Crippen LogP contribution >= 0.6 is 22.9 Å². The van der Waals surface area contributed by atoms with Gasteiger partial charge in [-0.1, -0.05) is 19.9 Å². The molecule has 0 amide bonds. The molecular weight excluding hydrogens is 318 g/mol. The van der Waals surface area contributed by atoms with Crippen LogP contribution in [0.25, 0.3) is 0 Å². The molecule has 0 saturated heterocycles. The Morgan fingerprint density at radius 2 is 2.00 bits per heavy atom. The molecular formula is C12H14ClN3O2S2. The number of hydrogen-bond acceptors (Lipinski definition) is 5. The van der Waals surface area contributed by atoms with E-state index in [1.54, 1.807) is 11.3 Å². The van der Waals surface area contributed by atoms with Gasteiger partial charge in [0, 0.05) is 16.8 Å². The lowest BCUT2D eigenvalue weighted by Gasteiger charge is -2.23. The van der Waals surface area contributed by atoms with Crippen LogP contribution in [0.1, 0.15) is 18.7 Å². The van der Waals surface area contributed by atoms with Crippen LogP contribution in [0.15, 0.2) is 34.8 Å². The fraction of sp³-hybridized carbons (Fsp3) is 0.333. The van der Waals surface area contributed by atoms with Gasteiger partial charge in [0.15, 0.2) is 0 Å². The Kier molecular flexibility index (Phi) is 4.43. The summed E-state index contributed by atoms with van der Waals surface area (Å²) in [5.74, 6) is 0. The van der Waals surface area contributed by atoms with Crippen molar-refractivity contribution in [3.63, 3.8) is 0 Å². The number of rotatable bonds is 5. The van der Waals surface area contributed by atoms with Gasteiger partial charge in [-0.05, 0) is 23.0 Å². The van der Waals surface area contributed by atoms with E-state index < -0.39 is 10.0 Å². The number of aromatic nitrogens is 2. The highest BCUT2D eigenvalue weighted by Crippen LogP contribution is 2.27. The van der Waals surface area contributed by atoms with Crippen molar-refractivity contribution in [2.75, 3.05) is 6.54 Å². The molecule has 0 aliphatic heterocycles. The molecule has 2 heterocycles. The highest BCUT2D eigenvalue weighted by Gasteiger charge is 2.25. The second-order valence-corrected chi connectivity index (χ2v) is 7.93. The van der Waals surface area contributed by atoms with E-state index in [9.17, 15) is 8.42 Å². The Morgan fingerprint density at radius 1 is 1.35 bits per heavy atom. The van der Waals surface area contributed by atoms with Crippen molar-refractivity contribution in [1.29, 1.82) is 0 Å².